The van der Waals surface area contributed by atoms with Gasteiger partial charge in [-0.15, -0.1) is 0 Å². The van der Waals surface area contributed by atoms with E-state index in [1.54, 1.807) is 19.1 Å². The Morgan fingerprint density at radius 1 is 1.19 bits per heavy atom. The zero-order valence-corrected chi connectivity index (χ0v) is 16.1. The molecular formula is C19H15BrF2N2O3. The number of carbonyl (C=O) groups is 1. The molecule has 3 aromatic rings. The number of imidazole rings is 1. The summed E-state index contributed by atoms with van der Waals surface area (Å²) in [6, 6.07) is 8.76. The minimum Gasteiger partial charge on any atom is -0.494 e. The molecule has 0 bridgehead atoms. The predicted molar refractivity (Wildman–Crippen MR) is 99.1 cm³/mol. The van der Waals surface area contributed by atoms with Crippen molar-refractivity contribution in [1.82, 2.24) is 9.55 Å². The molecule has 0 N–H and O–H groups in total. The monoisotopic (exact) mass is 436 g/mol. The molecule has 1 heterocycles. The first-order valence-corrected chi connectivity index (χ1v) is 8.79. The fourth-order valence-corrected chi connectivity index (χ4v) is 2.77. The third-order valence-electron chi connectivity index (χ3n) is 3.78. The highest BCUT2D eigenvalue weighted by molar-refractivity contribution is 9.10. The smallest absolute Gasteiger partial charge is 0.358 e. The normalized spacial score (nSPS) is 10.7. The number of methoxy groups -OCH3 is 1. The standard InChI is InChI=1S/C19H15BrF2N2O3/c1-3-27-19(25)16-10-24(12-5-7-17(26-2)15(22)9-12)18(23-16)11-4-6-13(20)14(21)8-11/h4-10H,3H2,1-2H3. The number of benzene rings is 2. The van der Waals surface area contributed by atoms with Crippen molar-refractivity contribution >= 4 is 21.9 Å². The van der Waals surface area contributed by atoms with Crippen molar-refractivity contribution < 1.29 is 23.0 Å². The molecule has 27 heavy (non-hydrogen) atoms. The Balaban J connectivity index is 2.17. The van der Waals surface area contributed by atoms with Crippen molar-refractivity contribution in [2.24, 2.45) is 0 Å². The molecule has 5 nitrogen and oxygen atoms in total. The molecule has 3 rings (SSSR count). The van der Waals surface area contributed by atoms with E-state index in [9.17, 15) is 13.6 Å². The Morgan fingerprint density at radius 3 is 2.59 bits per heavy atom. The molecule has 0 radical (unpaired) electrons. The summed E-state index contributed by atoms with van der Waals surface area (Å²) in [6.45, 7) is 1.86. The summed E-state index contributed by atoms with van der Waals surface area (Å²) in [5, 5.41) is 0. The zero-order chi connectivity index (χ0) is 19.6. The van der Waals surface area contributed by atoms with Crippen molar-refractivity contribution in [1.29, 1.82) is 0 Å². The Bertz CT molecular complexity index is 1000. The van der Waals surface area contributed by atoms with Crippen LogP contribution in [-0.2, 0) is 4.74 Å². The first-order valence-electron chi connectivity index (χ1n) is 8.00. The van der Waals surface area contributed by atoms with Gasteiger partial charge in [0.25, 0.3) is 0 Å². The fourth-order valence-electron chi connectivity index (χ4n) is 2.52. The van der Waals surface area contributed by atoms with Gasteiger partial charge in [0.05, 0.1) is 23.9 Å². The van der Waals surface area contributed by atoms with E-state index in [4.69, 9.17) is 9.47 Å². The summed E-state index contributed by atoms with van der Waals surface area (Å²) in [6.07, 6.45) is 1.43. The number of rotatable bonds is 5. The number of ether oxygens (including phenoxy) is 2. The van der Waals surface area contributed by atoms with Crippen molar-refractivity contribution in [3.63, 3.8) is 0 Å². The molecule has 0 atom stereocenters. The van der Waals surface area contributed by atoms with Gasteiger partial charge in [-0.05, 0) is 53.2 Å². The quantitative estimate of drug-likeness (QED) is 0.540. The van der Waals surface area contributed by atoms with Crippen molar-refractivity contribution in [2.45, 2.75) is 6.92 Å². The number of hydrogen-bond acceptors (Lipinski definition) is 4. The molecule has 0 spiro atoms. The minimum atomic E-state index is -0.621. The van der Waals surface area contributed by atoms with Crippen LogP contribution >= 0.6 is 15.9 Å². The third kappa shape index (κ3) is 3.85. The lowest BCUT2D eigenvalue weighted by Gasteiger charge is -2.10. The number of esters is 1. The Morgan fingerprint density at radius 2 is 1.96 bits per heavy atom. The molecular weight excluding hydrogens is 422 g/mol. The molecule has 0 saturated heterocycles. The van der Waals surface area contributed by atoms with Crippen LogP contribution in [0.5, 0.6) is 5.75 Å². The molecule has 0 amide bonds. The van der Waals surface area contributed by atoms with E-state index in [0.717, 1.165) is 0 Å². The van der Waals surface area contributed by atoms with Crippen molar-refractivity contribution in [3.8, 4) is 22.8 Å². The van der Waals surface area contributed by atoms with Crippen molar-refractivity contribution in [2.75, 3.05) is 13.7 Å². The number of carbonyl (C=O) groups excluding carboxylic acids is 1. The zero-order valence-electron chi connectivity index (χ0n) is 14.5. The lowest BCUT2D eigenvalue weighted by Crippen LogP contribution is -2.04. The maximum absolute atomic E-state index is 14.2. The van der Waals surface area contributed by atoms with Gasteiger partial charge >= 0.3 is 5.97 Å². The van der Waals surface area contributed by atoms with E-state index >= 15 is 0 Å². The molecule has 140 valence electrons. The maximum Gasteiger partial charge on any atom is 0.358 e. The lowest BCUT2D eigenvalue weighted by molar-refractivity contribution is 0.0520. The van der Waals surface area contributed by atoms with Crippen LogP contribution in [0.3, 0.4) is 0 Å². The topological polar surface area (TPSA) is 53.4 Å². The summed E-state index contributed by atoms with van der Waals surface area (Å²) in [7, 11) is 1.37. The van der Waals surface area contributed by atoms with E-state index in [1.165, 1.54) is 42.1 Å². The van der Waals surface area contributed by atoms with Crippen LogP contribution in [0.2, 0.25) is 0 Å². The van der Waals surface area contributed by atoms with Gasteiger partial charge in [-0.2, -0.15) is 0 Å². The average Bonchev–Trinajstić information content (AvgIpc) is 3.09. The van der Waals surface area contributed by atoms with Gasteiger partial charge in [0, 0.05) is 17.8 Å². The molecule has 0 fully saturated rings. The first-order chi connectivity index (χ1) is 12.9. The van der Waals surface area contributed by atoms with Crippen LogP contribution in [-0.4, -0.2) is 29.2 Å². The summed E-state index contributed by atoms with van der Waals surface area (Å²) in [5.74, 6) is -1.33. The molecule has 1 aromatic heterocycles. The van der Waals surface area contributed by atoms with Crippen LogP contribution < -0.4 is 4.74 Å². The molecule has 0 aliphatic rings. The second-order valence-corrected chi connectivity index (χ2v) is 6.34. The van der Waals surface area contributed by atoms with Gasteiger partial charge in [-0.3, -0.25) is 4.57 Å². The SMILES string of the molecule is CCOC(=O)c1cn(-c2ccc(OC)c(F)c2)c(-c2ccc(Br)c(F)c2)n1. The largest absolute Gasteiger partial charge is 0.494 e. The van der Waals surface area contributed by atoms with Gasteiger partial charge in [-0.1, -0.05) is 0 Å². The van der Waals surface area contributed by atoms with Gasteiger partial charge < -0.3 is 9.47 Å². The summed E-state index contributed by atoms with van der Waals surface area (Å²) < 4.78 is 39.9. The molecule has 2 aromatic carbocycles. The Hall–Kier alpha value is -2.74. The molecule has 0 aliphatic heterocycles. The Kier molecular flexibility index (Phi) is 5.55. The maximum atomic E-state index is 14.2. The van der Waals surface area contributed by atoms with Gasteiger partial charge in [0.15, 0.2) is 17.3 Å². The predicted octanol–water partition coefficient (Wildman–Crippen LogP) is 4.77. The van der Waals surface area contributed by atoms with Crippen LogP contribution in [0.15, 0.2) is 47.1 Å². The van der Waals surface area contributed by atoms with E-state index in [-0.39, 0.29) is 23.9 Å². The molecule has 0 saturated carbocycles. The summed E-state index contributed by atoms with van der Waals surface area (Å²) in [5.41, 5.74) is 0.851. The van der Waals surface area contributed by atoms with Crippen LogP contribution in [0.1, 0.15) is 17.4 Å². The summed E-state index contributed by atoms with van der Waals surface area (Å²) >= 11 is 3.10. The average molecular weight is 437 g/mol. The van der Waals surface area contributed by atoms with E-state index in [2.05, 4.69) is 20.9 Å². The van der Waals surface area contributed by atoms with Gasteiger partial charge in [-0.25, -0.2) is 18.6 Å². The summed E-state index contributed by atoms with van der Waals surface area (Å²) in [4.78, 5) is 16.4. The van der Waals surface area contributed by atoms with Crippen LogP contribution in [0.4, 0.5) is 8.78 Å². The number of halogens is 3. The number of aromatic nitrogens is 2. The van der Waals surface area contributed by atoms with Crippen molar-refractivity contribution in [3.05, 3.63) is 64.4 Å². The number of nitrogens with zero attached hydrogens (tertiary/aromatic N) is 2. The Labute approximate surface area is 162 Å². The van der Waals surface area contributed by atoms with E-state index in [0.29, 0.717) is 15.7 Å². The second kappa shape index (κ2) is 7.87. The fraction of sp³-hybridized carbons (Fsp3) is 0.158. The highest BCUT2D eigenvalue weighted by atomic mass is 79.9. The van der Waals surface area contributed by atoms with Crippen LogP contribution in [0.25, 0.3) is 17.1 Å². The highest BCUT2D eigenvalue weighted by Gasteiger charge is 2.19. The van der Waals surface area contributed by atoms with Crippen LogP contribution in [0, 0.1) is 11.6 Å². The first kappa shape index (κ1) is 19.0. The third-order valence-corrected chi connectivity index (χ3v) is 4.42. The lowest BCUT2D eigenvalue weighted by atomic mass is 10.2. The second-order valence-electron chi connectivity index (χ2n) is 5.49. The minimum absolute atomic E-state index is 0.0337. The molecule has 0 unspecified atom stereocenters. The molecule has 8 heteroatoms. The van der Waals surface area contributed by atoms with E-state index < -0.39 is 17.6 Å². The number of hydrogen-bond donors (Lipinski definition) is 0. The van der Waals surface area contributed by atoms with Gasteiger partial charge in [0.1, 0.15) is 11.6 Å². The highest BCUT2D eigenvalue weighted by Crippen LogP contribution is 2.28. The molecule has 0 aliphatic carbocycles. The van der Waals surface area contributed by atoms with Gasteiger partial charge in [0.2, 0.25) is 0 Å². The van der Waals surface area contributed by atoms with E-state index in [1.807, 2.05) is 0 Å².